The lowest BCUT2D eigenvalue weighted by Gasteiger charge is -2.02. The van der Waals surface area contributed by atoms with E-state index in [2.05, 4.69) is 27.2 Å². The van der Waals surface area contributed by atoms with Crippen molar-refractivity contribution in [1.29, 1.82) is 0 Å². The summed E-state index contributed by atoms with van der Waals surface area (Å²) >= 11 is 2.87. The summed E-state index contributed by atoms with van der Waals surface area (Å²) in [6.45, 7) is 3.22. The molecule has 0 spiro atoms. The zero-order chi connectivity index (χ0) is 10.7. The maximum absolute atomic E-state index is 13.1. The average molecular weight is 262 g/mol. The molecule has 74 valence electrons. The SMILES string of the molecule is C=COc1cc([N+](=O)[O-])c(Br)cc1F. The number of rotatable bonds is 3. The van der Waals surface area contributed by atoms with Crippen LogP contribution in [0.5, 0.6) is 5.75 Å². The molecule has 0 fully saturated rings. The van der Waals surface area contributed by atoms with Gasteiger partial charge in [-0.3, -0.25) is 10.1 Å². The zero-order valence-corrected chi connectivity index (χ0v) is 8.45. The summed E-state index contributed by atoms with van der Waals surface area (Å²) in [5.74, 6) is -0.919. The molecule has 0 saturated carbocycles. The lowest BCUT2D eigenvalue weighted by molar-refractivity contribution is -0.385. The van der Waals surface area contributed by atoms with Gasteiger partial charge in [0.15, 0.2) is 11.6 Å². The minimum atomic E-state index is -0.692. The minimum Gasteiger partial charge on any atom is -0.462 e. The van der Waals surface area contributed by atoms with Crippen molar-refractivity contribution in [2.45, 2.75) is 0 Å². The highest BCUT2D eigenvalue weighted by atomic mass is 79.9. The third kappa shape index (κ3) is 2.08. The summed E-state index contributed by atoms with van der Waals surface area (Å²) in [6.07, 6.45) is 0.996. The second-order valence-electron chi connectivity index (χ2n) is 2.28. The predicted molar refractivity (Wildman–Crippen MR) is 51.6 cm³/mol. The van der Waals surface area contributed by atoms with Crippen LogP contribution < -0.4 is 4.74 Å². The van der Waals surface area contributed by atoms with Crippen molar-refractivity contribution < 1.29 is 14.1 Å². The van der Waals surface area contributed by atoms with Crippen LogP contribution in [0.3, 0.4) is 0 Å². The second kappa shape index (κ2) is 4.19. The van der Waals surface area contributed by atoms with Gasteiger partial charge in [-0.2, -0.15) is 0 Å². The molecule has 4 nitrogen and oxygen atoms in total. The molecule has 1 aromatic rings. The first-order valence-electron chi connectivity index (χ1n) is 3.47. The summed E-state index contributed by atoms with van der Waals surface area (Å²) in [7, 11) is 0. The van der Waals surface area contributed by atoms with E-state index in [0.717, 1.165) is 18.4 Å². The Morgan fingerprint density at radius 1 is 1.64 bits per heavy atom. The quantitative estimate of drug-likeness (QED) is 0.478. The summed E-state index contributed by atoms with van der Waals surface area (Å²) in [5.41, 5.74) is -0.261. The third-order valence-electron chi connectivity index (χ3n) is 1.41. The van der Waals surface area contributed by atoms with Gasteiger partial charge in [-0.15, -0.1) is 0 Å². The Hall–Kier alpha value is -1.43. The summed E-state index contributed by atoms with van der Waals surface area (Å²) < 4.78 is 17.8. The van der Waals surface area contributed by atoms with E-state index in [9.17, 15) is 14.5 Å². The zero-order valence-electron chi connectivity index (χ0n) is 6.87. The van der Waals surface area contributed by atoms with E-state index >= 15 is 0 Å². The molecule has 0 radical (unpaired) electrons. The summed E-state index contributed by atoms with van der Waals surface area (Å²) in [5, 5.41) is 10.5. The van der Waals surface area contributed by atoms with Crippen LogP contribution in [0.2, 0.25) is 0 Å². The van der Waals surface area contributed by atoms with Gasteiger partial charge in [-0.1, -0.05) is 6.58 Å². The van der Waals surface area contributed by atoms with E-state index in [-0.39, 0.29) is 15.9 Å². The highest BCUT2D eigenvalue weighted by Crippen LogP contribution is 2.31. The molecular weight excluding hydrogens is 257 g/mol. The first kappa shape index (κ1) is 10.6. The van der Waals surface area contributed by atoms with E-state index in [0.29, 0.717) is 0 Å². The first-order chi connectivity index (χ1) is 6.56. The number of nitro groups is 1. The molecule has 0 saturated heterocycles. The van der Waals surface area contributed by atoms with E-state index < -0.39 is 10.7 Å². The Bertz CT molecular complexity index is 394. The molecule has 0 heterocycles. The average Bonchev–Trinajstić information content (AvgIpc) is 2.09. The molecule has 0 aliphatic carbocycles. The molecule has 0 unspecified atom stereocenters. The van der Waals surface area contributed by atoms with Gasteiger partial charge in [0.1, 0.15) is 0 Å². The van der Waals surface area contributed by atoms with Gasteiger partial charge >= 0.3 is 0 Å². The summed E-state index contributed by atoms with van der Waals surface area (Å²) in [4.78, 5) is 9.82. The van der Waals surface area contributed by atoms with Crippen LogP contribution in [0.25, 0.3) is 0 Å². The molecule has 0 amide bonds. The molecule has 1 aromatic carbocycles. The summed E-state index contributed by atoms with van der Waals surface area (Å²) in [6, 6.07) is 1.96. The number of nitrogens with zero attached hydrogens (tertiary/aromatic N) is 1. The fraction of sp³-hybridized carbons (Fsp3) is 0. The van der Waals surface area contributed by atoms with Crippen LogP contribution in [0, 0.1) is 15.9 Å². The largest absolute Gasteiger partial charge is 0.462 e. The number of hydrogen-bond acceptors (Lipinski definition) is 3. The van der Waals surface area contributed by atoms with Crippen LogP contribution in [-0.4, -0.2) is 4.92 Å². The monoisotopic (exact) mass is 261 g/mol. The van der Waals surface area contributed by atoms with Gasteiger partial charge in [0, 0.05) is 0 Å². The predicted octanol–water partition coefficient (Wildman–Crippen LogP) is 3.02. The van der Waals surface area contributed by atoms with Crippen molar-refractivity contribution in [1.82, 2.24) is 0 Å². The maximum atomic E-state index is 13.1. The van der Waals surface area contributed by atoms with Crippen molar-refractivity contribution in [3.63, 3.8) is 0 Å². The Morgan fingerprint density at radius 2 is 2.29 bits per heavy atom. The molecule has 0 aromatic heterocycles. The Balaban J connectivity index is 3.26. The first-order valence-corrected chi connectivity index (χ1v) is 4.26. The number of halogens is 2. The molecule has 0 atom stereocenters. The fourth-order valence-corrected chi connectivity index (χ4v) is 1.30. The van der Waals surface area contributed by atoms with Crippen LogP contribution in [0.4, 0.5) is 10.1 Å². The molecule has 0 bridgehead atoms. The van der Waals surface area contributed by atoms with Crippen molar-refractivity contribution in [3.05, 3.63) is 45.4 Å². The Labute approximate surface area is 87.3 Å². The lowest BCUT2D eigenvalue weighted by atomic mass is 10.3. The standard InChI is InChI=1S/C8H5BrFNO3/c1-2-14-8-4-7(11(12)13)5(9)3-6(8)10/h2-4H,1H2. The van der Waals surface area contributed by atoms with Gasteiger partial charge in [0.25, 0.3) is 5.69 Å². The highest BCUT2D eigenvalue weighted by molar-refractivity contribution is 9.10. The molecule has 1 rings (SSSR count). The van der Waals surface area contributed by atoms with Crippen molar-refractivity contribution in [2.24, 2.45) is 0 Å². The van der Waals surface area contributed by atoms with Crippen molar-refractivity contribution in [2.75, 3.05) is 0 Å². The molecule has 6 heteroatoms. The maximum Gasteiger partial charge on any atom is 0.287 e. The van der Waals surface area contributed by atoms with E-state index in [1.807, 2.05) is 0 Å². The highest BCUT2D eigenvalue weighted by Gasteiger charge is 2.16. The topological polar surface area (TPSA) is 52.4 Å². The molecule has 0 N–H and O–H groups in total. The smallest absolute Gasteiger partial charge is 0.287 e. The number of nitro benzene ring substituents is 1. The van der Waals surface area contributed by atoms with E-state index in [4.69, 9.17) is 0 Å². The van der Waals surface area contributed by atoms with E-state index in [1.54, 1.807) is 0 Å². The van der Waals surface area contributed by atoms with Crippen molar-refractivity contribution >= 4 is 21.6 Å². The van der Waals surface area contributed by atoms with Crippen molar-refractivity contribution in [3.8, 4) is 5.75 Å². The minimum absolute atomic E-state index is 0.0661. The molecular formula is C8H5BrFNO3. The Morgan fingerprint density at radius 3 is 2.79 bits per heavy atom. The number of hydrogen-bond donors (Lipinski definition) is 0. The molecule has 14 heavy (non-hydrogen) atoms. The van der Waals surface area contributed by atoms with Crippen LogP contribution >= 0.6 is 15.9 Å². The molecule has 0 aliphatic heterocycles. The van der Waals surface area contributed by atoms with Gasteiger partial charge in [0.2, 0.25) is 0 Å². The third-order valence-corrected chi connectivity index (χ3v) is 2.04. The number of benzene rings is 1. The van der Waals surface area contributed by atoms with Crippen LogP contribution in [-0.2, 0) is 0 Å². The van der Waals surface area contributed by atoms with Crippen LogP contribution in [0.1, 0.15) is 0 Å². The van der Waals surface area contributed by atoms with E-state index in [1.165, 1.54) is 0 Å². The number of ether oxygens (including phenoxy) is 1. The normalized spacial score (nSPS) is 9.57. The Kier molecular flexibility index (Phi) is 3.19. The lowest BCUT2D eigenvalue weighted by Crippen LogP contribution is -1.93. The van der Waals surface area contributed by atoms with Crippen LogP contribution in [0.15, 0.2) is 29.4 Å². The van der Waals surface area contributed by atoms with Gasteiger partial charge in [0.05, 0.1) is 21.7 Å². The van der Waals surface area contributed by atoms with Gasteiger partial charge < -0.3 is 4.74 Å². The second-order valence-corrected chi connectivity index (χ2v) is 3.13. The molecule has 0 aliphatic rings. The van der Waals surface area contributed by atoms with Gasteiger partial charge in [-0.25, -0.2) is 4.39 Å². The van der Waals surface area contributed by atoms with Gasteiger partial charge in [-0.05, 0) is 22.0 Å². The fourth-order valence-electron chi connectivity index (χ4n) is 0.838.